The Morgan fingerprint density at radius 1 is 1.00 bits per heavy atom. The number of nitrogens with zero attached hydrogens (tertiary/aromatic N) is 1. The molecule has 0 unspecified atom stereocenters. The largest absolute Gasteiger partial charge is 0.416 e. The molecular formula is C22H20F3N3O2S. The molecule has 2 N–H and O–H groups in total. The van der Waals surface area contributed by atoms with Gasteiger partial charge in [0.25, 0.3) is 0 Å². The molecule has 0 aliphatic carbocycles. The standard InChI is InChI=1S/C22H20F3N3O2S/c1-13-4-3-5-14(2)18(13)28-20(30)19(29)26-11-10-17-12-31-21(27-17)15-6-8-16(9-7-15)22(23,24)25/h3-9,12H,10-11H2,1-2H3,(H,26,29)(H,28,30). The monoisotopic (exact) mass is 447 g/mol. The van der Waals surface area contributed by atoms with E-state index in [2.05, 4.69) is 15.6 Å². The summed E-state index contributed by atoms with van der Waals surface area (Å²) < 4.78 is 38.0. The quantitative estimate of drug-likeness (QED) is 0.555. The number of hydrogen-bond acceptors (Lipinski definition) is 4. The normalized spacial score (nSPS) is 11.3. The van der Waals surface area contributed by atoms with Crippen molar-refractivity contribution in [2.24, 2.45) is 0 Å². The lowest BCUT2D eigenvalue weighted by molar-refractivity contribution is -0.137. The first-order valence-electron chi connectivity index (χ1n) is 9.42. The number of nitrogens with one attached hydrogen (secondary N) is 2. The molecule has 1 heterocycles. The molecule has 0 aliphatic heterocycles. The van der Waals surface area contributed by atoms with Crippen LogP contribution in [0.15, 0.2) is 47.8 Å². The van der Waals surface area contributed by atoms with Gasteiger partial charge in [0.15, 0.2) is 0 Å². The Balaban J connectivity index is 1.53. The van der Waals surface area contributed by atoms with E-state index in [1.165, 1.54) is 23.5 Å². The molecule has 0 saturated heterocycles. The highest BCUT2D eigenvalue weighted by Gasteiger charge is 2.30. The Bertz CT molecular complexity index is 1070. The zero-order valence-corrected chi connectivity index (χ0v) is 17.7. The van der Waals surface area contributed by atoms with Crippen LogP contribution >= 0.6 is 11.3 Å². The highest BCUT2D eigenvalue weighted by atomic mass is 32.1. The van der Waals surface area contributed by atoms with Crippen molar-refractivity contribution in [2.45, 2.75) is 26.4 Å². The van der Waals surface area contributed by atoms with Crippen LogP contribution in [0.2, 0.25) is 0 Å². The maximum Gasteiger partial charge on any atom is 0.416 e. The van der Waals surface area contributed by atoms with E-state index in [-0.39, 0.29) is 6.54 Å². The van der Waals surface area contributed by atoms with Gasteiger partial charge < -0.3 is 10.6 Å². The minimum atomic E-state index is -4.38. The van der Waals surface area contributed by atoms with Crippen molar-refractivity contribution in [3.05, 3.63) is 70.2 Å². The van der Waals surface area contributed by atoms with E-state index in [1.54, 1.807) is 5.38 Å². The van der Waals surface area contributed by atoms with Crippen molar-refractivity contribution in [3.63, 3.8) is 0 Å². The number of carbonyl (C=O) groups is 2. The van der Waals surface area contributed by atoms with Gasteiger partial charge in [-0.05, 0) is 37.1 Å². The molecule has 162 valence electrons. The molecule has 0 saturated carbocycles. The SMILES string of the molecule is Cc1cccc(C)c1NC(=O)C(=O)NCCc1csc(-c2ccc(C(F)(F)F)cc2)n1. The molecule has 0 atom stereocenters. The minimum absolute atomic E-state index is 0.204. The summed E-state index contributed by atoms with van der Waals surface area (Å²) in [4.78, 5) is 28.6. The lowest BCUT2D eigenvalue weighted by atomic mass is 10.1. The van der Waals surface area contributed by atoms with Gasteiger partial charge in [-0.15, -0.1) is 11.3 Å². The molecule has 1 aromatic heterocycles. The van der Waals surface area contributed by atoms with E-state index in [4.69, 9.17) is 0 Å². The Kier molecular flexibility index (Phi) is 6.74. The maximum absolute atomic E-state index is 12.7. The van der Waals surface area contributed by atoms with Gasteiger partial charge in [-0.2, -0.15) is 13.2 Å². The summed E-state index contributed by atoms with van der Waals surface area (Å²) in [5.41, 5.74) is 2.88. The summed E-state index contributed by atoms with van der Waals surface area (Å²) in [7, 11) is 0. The lowest BCUT2D eigenvalue weighted by Gasteiger charge is -2.11. The third kappa shape index (κ3) is 5.69. The van der Waals surface area contributed by atoms with E-state index in [1.807, 2.05) is 32.0 Å². The van der Waals surface area contributed by atoms with E-state index < -0.39 is 23.6 Å². The second-order valence-electron chi connectivity index (χ2n) is 6.95. The first-order valence-corrected chi connectivity index (χ1v) is 10.3. The molecule has 0 radical (unpaired) electrons. The fraction of sp³-hybridized carbons (Fsp3) is 0.227. The molecule has 31 heavy (non-hydrogen) atoms. The van der Waals surface area contributed by atoms with Gasteiger partial charge in [0.05, 0.1) is 11.3 Å². The molecule has 3 rings (SSSR count). The molecule has 0 spiro atoms. The number of hydrogen-bond donors (Lipinski definition) is 2. The number of aromatic nitrogens is 1. The van der Waals surface area contributed by atoms with E-state index in [0.717, 1.165) is 23.3 Å². The predicted molar refractivity (Wildman–Crippen MR) is 114 cm³/mol. The van der Waals surface area contributed by atoms with Gasteiger partial charge in [0, 0.05) is 29.6 Å². The van der Waals surface area contributed by atoms with Crippen LogP contribution < -0.4 is 10.6 Å². The summed E-state index contributed by atoms with van der Waals surface area (Å²) in [5, 5.41) is 7.53. The molecule has 3 aromatic rings. The van der Waals surface area contributed by atoms with E-state index in [9.17, 15) is 22.8 Å². The third-order valence-electron chi connectivity index (χ3n) is 4.60. The third-order valence-corrected chi connectivity index (χ3v) is 5.54. The van der Waals surface area contributed by atoms with Crippen molar-refractivity contribution in [2.75, 3.05) is 11.9 Å². The number of anilines is 1. The second kappa shape index (κ2) is 9.30. The van der Waals surface area contributed by atoms with Gasteiger partial charge in [-0.1, -0.05) is 30.3 Å². The summed E-state index contributed by atoms with van der Waals surface area (Å²) in [5.74, 6) is -1.50. The van der Waals surface area contributed by atoms with Gasteiger partial charge in [0.1, 0.15) is 5.01 Å². The molecular weight excluding hydrogens is 427 g/mol. The zero-order valence-electron chi connectivity index (χ0n) is 16.8. The van der Waals surface area contributed by atoms with Crippen LogP contribution in [0.1, 0.15) is 22.4 Å². The minimum Gasteiger partial charge on any atom is -0.347 e. The van der Waals surface area contributed by atoms with Crippen molar-refractivity contribution in [3.8, 4) is 10.6 Å². The number of aryl methyl sites for hydroxylation is 2. The number of para-hydroxylation sites is 1. The first kappa shape index (κ1) is 22.5. The van der Waals surface area contributed by atoms with Gasteiger partial charge >= 0.3 is 18.0 Å². The topological polar surface area (TPSA) is 71.1 Å². The van der Waals surface area contributed by atoms with Crippen molar-refractivity contribution >= 4 is 28.8 Å². The van der Waals surface area contributed by atoms with Crippen LogP contribution in [-0.4, -0.2) is 23.3 Å². The van der Waals surface area contributed by atoms with Crippen molar-refractivity contribution in [1.82, 2.24) is 10.3 Å². The van der Waals surface area contributed by atoms with Crippen LogP contribution in [0.5, 0.6) is 0 Å². The molecule has 0 aliphatic rings. The zero-order chi connectivity index (χ0) is 22.6. The summed E-state index contributed by atoms with van der Waals surface area (Å²) in [6.45, 7) is 3.89. The summed E-state index contributed by atoms with van der Waals surface area (Å²) in [6, 6.07) is 10.4. The number of halogens is 3. The van der Waals surface area contributed by atoms with Gasteiger partial charge in [-0.25, -0.2) is 4.98 Å². The van der Waals surface area contributed by atoms with E-state index >= 15 is 0 Å². The highest BCUT2D eigenvalue weighted by molar-refractivity contribution is 7.13. The molecule has 2 aromatic carbocycles. The average Bonchev–Trinajstić information content (AvgIpc) is 3.19. The van der Waals surface area contributed by atoms with Crippen LogP contribution in [0.4, 0.5) is 18.9 Å². The average molecular weight is 447 g/mol. The number of carbonyl (C=O) groups excluding carboxylic acids is 2. The number of rotatable bonds is 5. The van der Waals surface area contributed by atoms with Crippen molar-refractivity contribution < 1.29 is 22.8 Å². The van der Waals surface area contributed by atoms with Crippen LogP contribution in [0.25, 0.3) is 10.6 Å². The Labute approximate surface area is 181 Å². The number of amides is 2. The molecule has 5 nitrogen and oxygen atoms in total. The van der Waals surface area contributed by atoms with E-state index in [0.29, 0.717) is 28.4 Å². The number of benzene rings is 2. The summed E-state index contributed by atoms with van der Waals surface area (Å²) in [6.07, 6.45) is -3.99. The number of thiazole rings is 1. The molecule has 9 heteroatoms. The van der Waals surface area contributed by atoms with Crippen molar-refractivity contribution in [1.29, 1.82) is 0 Å². The Morgan fingerprint density at radius 2 is 1.65 bits per heavy atom. The smallest absolute Gasteiger partial charge is 0.347 e. The fourth-order valence-corrected chi connectivity index (χ4v) is 3.78. The van der Waals surface area contributed by atoms with Gasteiger partial charge in [-0.3, -0.25) is 9.59 Å². The van der Waals surface area contributed by atoms with Gasteiger partial charge in [0.2, 0.25) is 0 Å². The molecule has 0 fully saturated rings. The number of alkyl halides is 3. The Morgan fingerprint density at radius 3 is 2.26 bits per heavy atom. The highest BCUT2D eigenvalue weighted by Crippen LogP contribution is 2.31. The first-order chi connectivity index (χ1) is 14.6. The molecule has 0 bridgehead atoms. The Hall–Kier alpha value is -3.20. The fourth-order valence-electron chi connectivity index (χ4n) is 2.92. The lowest BCUT2D eigenvalue weighted by Crippen LogP contribution is -2.36. The molecule has 2 amide bonds. The van der Waals surface area contributed by atoms with Crippen LogP contribution in [0, 0.1) is 13.8 Å². The summed E-state index contributed by atoms with van der Waals surface area (Å²) >= 11 is 1.30. The second-order valence-corrected chi connectivity index (χ2v) is 7.80. The predicted octanol–water partition coefficient (Wildman–Crippen LogP) is 4.74. The van der Waals surface area contributed by atoms with Crippen LogP contribution in [-0.2, 0) is 22.2 Å². The van der Waals surface area contributed by atoms with Crippen LogP contribution in [0.3, 0.4) is 0 Å². The maximum atomic E-state index is 12.7.